The van der Waals surface area contributed by atoms with E-state index in [0.717, 1.165) is 32.0 Å². The van der Waals surface area contributed by atoms with E-state index in [-0.39, 0.29) is 33.1 Å². The quantitative estimate of drug-likeness (QED) is 0.418. The van der Waals surface area contributed by atoms with Gasteiger partial charge in [0.1, 0.15) is 17.0 Å². The minimum absolute atomic E-state index is 0.0850. The van der Waals surface area contributed by atoms with Gasteiger partial charge in [-0.15, -0.1) is 0 Å². The van der Waals surface area contributed by atoms with Crippen molar-refractivity contribution in [2.45, 2.75) is 51.5 Å². The van der Waals surface area contributed by atoms with E-state index in [1.165, 1.54) is 29.2 Å². The molecule has 38 heavy (non-hydrogen) atoms. The van der Waals surface area contributed by atoms with Crippen LogP contribution in [0.15, 0.2) is 36.4 Å². The lowest BCUT2D eigenvalue weighted by atomic mass is 9.63. The van der Waals surface area contributed by atoms with Gasteiger partial charge in [-0.2, -0.15) is 5.26 Å². The maximum Gasteiger partial charge on any atom is 0.318 e. The SMILES string of the molecule is CC(C)(C)CC1CN(C(=O)NCC2CCNCC2)C(c2cccc(Cl)c2F)C1(C#N)c1ccc(Cl)cc1F. The predicted molar refractivity (Wildman–Crippen MR) is 146 cm³/mol. The van der Waals surface area contributed by atoms with Gasteiger partial charge in [-0.1, -0.05) is 62.2 Å². The molecule has 3 atom stereocenters. The molecule has 0 aliphatic carbocycles. The van der Waals surface area contributed by atoms with Gasteiger partial charge in [0.05, 0.1) is 17.1 Å². The molecule has 2 heterocycles. The van der Waals surface area contributed by atoms with Crippen molar-refractivity contribution >= 4 is 29.2 Å². The van der Waals surface area contributed by atoms with Crippen LogP contribution < -0.4 is 10.6 Å². The van der Waals surface area contributed by atoms with Gasteiger partial charge in [-0.25, -0.2) is 13.6 Å². The summed E-state index contributed by atoms with van der Waals surface area (Å²) < 4.78 is 31.3. The van der Waals surface area contributed by atoms with Gasteiger partial charge in [0.15, 0.2) is 0 Å². The summed E-state index contributed by atoms with van der Waals surface area (Å²) >= 11 is 12.3. The first-order chi connectivity index (χ1) is 18.0. The molecule has 2 aromatic carbocycles. The number of halogens is 4. The molecule has 0 bridgehead atoms. The Morgan fingerprint density at radius 3 is 2.55 bits per heavy atom. The Bertz CT molecular complexity index is 1220. The third kappa shape index (κ3) is 5.64. The van der Waals surface area contributed by atoms with Gasteiger partial charge >= 0.3 is 6.03 Å². The molecule has 0 radical (unpaired) electrons. The van der Waals surface area contributed by atoms with Gasteiger partial charge in [0, 0.05) is 35.2 Å². The summed E-state index contributed by atoms with van der Waals surface area (Å²) in [5.74, 6) is -1.55. The van der Waals surface area contributed by atoms with E-state index < -0.39 is 35.0 Å². The van der Waals surface area contributed by atoms with Crippen LogP contribution in [0.25, 0.3) is 0 Å². The molecule has 2 amide bonds. The summed E-state index contributed by atoms with van der Waals surface area (Å²) in [7, 11) is 0. The van der Waals surface area contributed by atoms with Crippen molar-refractivity contribution in [1.29, 1.82) is 5.26 Å². The smallest absolute Gasteiger partial charge is 0.318 e. The van der Waals surface area contributed by atoms with E-state index in [1.807, 2.05) is 20.8 Å². The average molecular weight is 564 g/mol. The largest absolute Gasteiger partial charge is 0.338 e. The molecule has 5 nitrogen and oxygen atoms in total. The van der Waals surface area contributed by atoms with E-state index in [9.17, 15) is 10.1 Å². The minimum Gasteiger partial charge on any atom is -0.338 e. The highest BCUT2D eigenvalue weighted by molar-refractivity contribution is 6.31. The maximum absolute atomic E-state index is 15.7. The number of hydrogen-bond donors (Lipinski definition) is 2. The van der Waals surface area contributed by atoms with Crippen molar-refractivity contribution in [2.75, 3.05) is 26.2 Å². The number of benzene rings is 2. The van der Waals surface area contributed by atoms with Crippen LogP contribution in [0.4, 0.5) is 13.6 Å². The van der Waals surface area contributed by atoms with Crippen LogP contribution in [0.1, 0.15) is 57.2 Å². The van der Waals surface area contributed by atoms with Crippen molar-refractivity contribution in [3.8, 4) is 6.07 Å². The molecule has 2 aliphatic heterocycles. The van der Waals surface area contributed by atoms with Crippen LogP contribution in [0.2, 0.25) is 10.0 Å². The molecule has 9 heteroatoms. The molecule has 3 unspecified atom stereocenters. The Morgan fingerprint density at radius 2 is 1.92 bits per heavy atom. The summed E-state index contributed by atoms with van der Waals surface area (Å²) in [4.78, 5) is 15.3. The van der Waals surface area contributed by atoms with Crippen molar-refractivity contribution in [1.82, 2.24) is 15.5 Å². The highest BCUT2D eigenvalue weighted by Gasteiger charge is 2.60. The number of piperidine rings is 1. The fourth-order valence-corrected chi connectivity index (χ4v) is 6.43. The summed E-state index contributed by atoms with van der Waals surface area (Å²) in [5.41, 5.74) is -1.66. The van der Waals surface area contributed by atoms with Crippen LogP contribution in [-0.4, -0.2) is 37.1 Å². The van der Waals surface area contributed by atoms with Crippen molar-refractivity contribution in [2.24, 2.45) is 17.3 Å². The topological polar surface area (TPSA) is 68.2 Å². The Labute approximate surface area is 233 Å². The van der Waals surface area contributed by atoms with Crippen molar-refractivity contribution < 1.29 is 13.6 Å². The monoisotopic (exact) mass is 562 g/mol. The summed E-state index contributed by atoms with van der Waals surface area (Å²) in [6, 6.07) is 9.58. The van der Waals surface area contributed by atoms with Crippen molar-refractivity contribution in [3.63, 3.8) is 0 Å². The first-order valence-electron chi connectivity index (χ1n) is 13.0. The van der Waals surface area contributed by atoms with Gasteiger partial charge < -0.3 is 15.5 Å². The number of likely N-dealkylation sites (tertiary alicyclic amines) is 1. The molecule has 2 N–H and O–H groups in total. The molecular formula is C29H34Cl2F2N4O. The maximum atomic E-state index is 15.7. The highest BCUT2D eigenvalue weighted by atomic mass is 35.5. The third-order valence-electron chi connectivity index (χ3n) is 7.76. The van der Waals surface area contributed by atoms with Crippen LogP contribution in [0.5, 0.6) is 0 Å². The predicted octanol–water partition coefficient (Wildman–Crippen LogP) is 6.85. The molecule has 0 spiro atoms. The highest BCUT2D eigenvalue weighted by Crippen LogP contribution is 2.56. The Balaban J connectivity index is 1.87. The molecule has 0 saturated carbocycles. The minimum atomic E-state index is -1.58. The number of nitrogens with one attached hydrogen (secondary N) is 2. The number of carbonyl (C=O) groups excluding carboxylic acids is 1. The van der Waals surface area contributed by atoms with Crippen LogP contribution in [-0.2, 0) is 5.41 Å². The van der Waals surface area contributed by atoms with E-state index in [1.54, 1.807) is 6.07 Å². The second-order valence-electron chi connectivity index (χ2n) is 11.6. The van der Waals surface area contributed by atoms with Crippen LogP contribution in [0.3, 0.4) is 0 Å². The molecule has 204 valence electrons. The molecule has 2 fully saturated rings. The van der Waals surface area contributed by atoms with Crippen molar-refractivity contribution in [3.05, 3.63) is 69.2 Å². The number of urea groups is 1. The van der Waals surface area contributed by atoms with E-state index in [2.05, 4.69) is 16.7 Å². The van der Waals surface area contributed by atoms with Crippen LogP contribution >= 0.6 is 23.2 Å². The number of hydrogen-bond acceptors (Lipinski definition) is 3. The Kier molecular flexibility index (Phi) is 8.56. The third-order valence-corrected chi connectivity index (χ3v) is 8.29. The zero-order valence-electron chi connectivity index (χ0n) is 22.0. The van der Waals surface area contributed by atoms with E-state index in [4.69, 9.17) is 23.2 Å². The standard InChI is InChI=1S/C29H34Cl2F2N4O/c1-28(2,3)14-19-16-37(27(38)36-15-18-9-11-35-12-10-18)26(21-5-4-6-23(31)25(21)33)29(19,17-34)22-8-7-20(30)13-24(22)32/h4-8,13,18-19,26,35H,9-12,14-16H2,1-3H3,(H,36,38). The molecule has 4 rings (SSSR count). The van der Waals surface area contributed by atoms with E-state index >= 15 is 8.78 Å². The van der Waals surface area contributed by atoms with Gasteiger partial charge in [0.2, 0.25) is 0 Å². The fourth-order valence-electron chi connectivity index (χ4n) is 6.09. The van der Waals surface area contributed by atoms with E-state index in [0.29, 0.717) is 18.9 Å². The average Bonchev–Trinajstić information content (AvgIpc) is 3.17. The fraction of sp³-hybridized carbons (Fsp3) is 0.517. The summed E-state index contributed by atoms with van der Waals surface area (Å²) in [5, 5.41) is 17.3. The summed E-state index contributed by atoms with van der Waals surface area (Å²) in [6.07, 6.45) is 2.38. The van der Waals surface area contributed by atoms with Gasteiger partial charge in [-0.3, -0.25) is 0 Å². The number of amides is 2. The second-order valence-corrected chi connectivity index (χ2v) is 12.5. The zero-order chi connectivity index (χ0) is 27.7. The number of nitrogens with zero attached hydrogens (tertiary/aromatic N) is 2. The zero-order valence-corrected chi connectivity index (χ0v) is 23.5. The van der Waals surface area contributed by atoms with Gasteiger partial charge in [0.25, 0.3) is 0 Å². The molecular weight excluding hydrogens is 529 g/mol. The normalized spacial score (nSPS) is 24.3. The molecule has 0 aromatic heterocycles. The number of carbonyl (C=O) groups is 1. The molecule has 2 aromatic rings. The Hall–Kier alpha value is -2.40. The first kappa shape index (κ1) is 28.6. The second kappa shape index (κ2) is 11.4. The number of rotatable bonds is 5. The lowest BCUT2D eigenvalue weighted by Gasteiger charge is -2.38. The Morgan fingerprint density at radius 1 is 1.21 bits per heavy atom. The van der Waals surface area contributed by atoms with Crippen LogP contribution in [0, 0.1) is 40.2 Å². The first-order valence-corrected chi connectivity index (χ1v) is 13.8. The number of nitriles is 1. The molecule has 2 aliphatic rings. The van der Waals surface area contributed by atoms with Gasteiger partial charge in [-0.05, 0) is 61.9 Å². The lowest BCUT2D eigenvalue weighted by Crippen LogP contribution is -2.46. The summed E-state index contributed by atoms with van der Waals surface area (Å²) in [6.45, 7) is 8.50. The lowest BCUT2D eigenvalue weighted by molar-refractivity contribution is 0.181. The molecule has 2 saturated heterocycles.